The Morgan fingerprint density at radius 2 is 2.09 bits per heavy atom. The molecular weight excluding hydrogens is 300 g/mol. The molecule has 118 valence electrons. The molecule has 0 saturated carbocycles. The highest BCUT2D eigenvalue weighted by molar-refractivity contribution is 7.99. The third-order valence-electron chi connectivity index (χ3n) is 3.10. The number of H-pyrrole nitrogens is 1. The third kappa shape index (κ3) is 4.24. The number of aromatic amines is 1. The number of hydrogen-bond donors (Lipinski definition) is 2. The first kappa shape index (κ1) is 16.4. The monoisotopic (exact) mass is 320 g/mol. The summed E-state index contributed by atoms with van der Waals surface area (Å²) in [5, 5.41) is 2.69. The first-order chi connectivity index (χ1) is 10.5. The smallest absolute Gasteiger partial charge is 0.244 e. The van der Waals surface area contributed by atoms with Crippen molar-refractivity contribution in [2.45, 2.75) is 18.7 Å². The average molecular weight is 320 g/mol. The van der Waals surface area contributed by atoms with Crippen LogP contribution in [0.25, 0.3) is 11.0 Å². The van der Waals surface area contributed by atoms with E-state index in [1.54, 1.807) is 21.0 Å². The van der Waals surface area contributed by atoms with Gasteiger partial charge in [-0.05, 0) is 19.1 Å². The minimum absolute atomic E-state index is 0.115. The van der Waals surface area contributed by atoms with E-state index in [1.165, 1.54) is 16.7 Å². The van der Waals surface area contributed by atoms with Gasteiger partial charge >= 0.3 is 0 Å². The van der Waals surface area contributed by atoms with Gasteiger partial charge in [0.15, 0.2) is 0 Å². The zero-order valence-electron chi connectivity index (χ0n) is 12.9. The number of thioether (sulfide) groups is 1. The van der Waals surface area contributed by atoms with Crippen molar-refractivity contribution >= 4 is 34.6 Å². The predicted octanol–water partition coefficient (Wildman–Crippen LogP) is 1.39. The van der Waals surface area contributed by atoms with Crippen LogP contribution in [0.3, 0.4) is 0 Å². The fraction of sp³-hybridized carbons (Fsp3) is 0.400. The van der Waals surface area contributed by atoms with Gasteiger partial charge in [0.2, 0.25) is 11.8 Å². The Bertz CT molecular complexity index is 635. The number of nitrogens with zero attached hydrogens (tertiary/aromatic N) is 2. The van der Waals surface area contributed by atoms with Gasteiger partial charge in [0, 0.05) is 14.1 Å². The molecule has 1 aromatic carbocycles. The quantitative estimate of drug-likeness (QED) is 0.843. The lowest BCUT2D eigenvalue weighted by molar-refractivity contribution is -0.133. The second-order valence-corrected chi connectivity index (χ2v) is 6.20. The summed E-state index contributed by atoms with van der Waals surface area (Å²) in [5.74, 6) is 1.50. The molecule has 0 unspecified atom stereocenters. The van der Waals surface area contributed by atoms with Crippen molar-refractivity contribution in [1.82, 2.24) is 20.2 Å². The van der Waals surface area contributed by atoms with E-state index < -0.39 is 6.04 Å². The molecule has 1 atom stereocenters. The molecule has 0 fully saturated rings. The molecule has 2 amide bonds. The van der Waals surface area contributed by atoms with Crippen LogP contribution in [0.1, 0.15) is 12.7 Å². The summed E-state index contributed by atoms with van der Waals surface area (Å²) in [7, 11) is 3.34. The van der Waals surface area contributed by atoms with Crippen molar-refractivity contribution in [2.24, 2.45) is 0 Å². The van der Waals surface area contributed by atoms with Gasteiger partial charge in [-0.2, -0.15) is 0 Å². The van der Waals surface area contributed by atoms with Gasteiger partial charge in [0.05, 0.1) is 22.5 Å². The molecule has 2 rings (SSSR count). The van der Waals surface area contributed by atoms with Crippen LogP contribution in [0.15, 0.2) is 24.3 Å². The lowest BCUT2D eigenvalue weighted by Gasteiger charge is -2.17. The van der Waals surface area contributed by atoms with Crippen LogP contribution in [0, 0.1) is 0 Å². The molecule has 7 heteroatoms. The van der Waals surface area contributed by atoms with E-state index in [0.29, 0.717) is 11.5 Å². The van der Waals surface area contributed by atoms with Gasteiger partial charge in [-0.1, -0.05) is 12.1 Å². The number of aromatic nitrogens is 2. The average Bonchev–Trinajstić information content (AvgIpc) is 2.88. The third-order valence-corrected chi connectivity index (χ3v) is 4.04. The van der Waals surface area contributed by atoms with Crippen molar-refractivity contribution in [3.05, 3.63) is 30.1 Å². The second kappa shape index (κ2) is 7.31. The number of hydrogen-bond acceptors (Lipinski definition) is 4. The first-order valence-corrected chi connectivity index (χ1v) is 8.14. The highest BCUT2D eigenvalue weighted by Crippen LogP contribution is 2.14. The van der Waals surface area contributed by atoms with Crippen molar-refractivity contribution < 1.29 is 9.59 Å². The number of carbonyl (C=O) groups excluding carboxylic acids is 2. The Labute approximate surface area is 133 Å². The van der Waals surface area contributed by atoms with Crippen molar-refractivity contribution in [3.8, 4) is 0 Å². The number of nitrogens with one attached hydrogen (secondary N) is 2. The summed E-state index contributed by atoms with van der Waals surface area (Å²) in [5.41, 5.74) is 1.92. The normalized spacial score (nSPS) is 12.1. The molecule has 2 aromatic rings. The Balaban J connectivity index is 1.78. The highest BCUT2D eigenvalue weighted by Gasteiger charge is 2.16. The van der Waals surface area contributed by atoms with E-state index in [4.69, 9.17) is 0 Å². The number of imidazole rings is 1. The van der Waals surface area contributed by atoms with Crippen LogP contribution in [-0.2, 0) is 15.3 Å². The molecule has 6 nitrogen and oxygen atoms in total. The van der Waals surface area contributed by atoms with Gasteiger partial charge in [0.1, 0.15) is 11.9 Å². The van der Waals surface area contributed by atoms with E-state index in [0.717, 1.165) is 16.9 Å². The maximum atomic E-state index is 11.8. The van der Waals surface area contributed by atoms with E-state index >= 15 is 0 Å². The molecule has 22 heavy (non-hydrogen) atoms. The van der Waals surface area contributed by atoms with Crippen LogP contribution in [0.5, 0.6) is 0 Å². The van der Waals surface area contributed by atoms with Crippen LogP contribution >= 0.6 is 11.8 Å². The van der Waals surface area contributed by atoms with Gasteiger partial charge < -0.3 is 15.2 Å². The molecule has 2 N–H and O–H groups in total. The lowest BCUT2D eigenvalue weighted by atomic mass is 10.3. The number of fused-ring (bicyclic) bond motifs is 1. The zero-order valence-corrected chi connectivity index (χ0v) is 13.7. The molecule has 1 heterocycles. The van der Waals surface area contributed by atoms with Crippen LogP contribution < -0.4 is 5.32 Å². The topological polar surface area (TPSA) is 78.1 Å². The Morgan fingerprint density at radius 3 is 2.77 bits per heavy atom. The summed E-state index contributed by atoms with van der Waals surface area (Å²) in [4.78, 5) is 32.6. The van der Waals surface area contributed by atoms with Gasteiger partial charge in [0.25, 0.3) is 0 Å². The molecule has 0 aliphatic rings. The molecule has 0 aliphatic carbocycles. The summed E-state index contributed by atoms with van der Waals surface area (Å²) in [6, 6.07) is 7.30. The van der Waals surface area contributed by atoms with E-state index in [2.05, 4.69) is 15.3 Å². The Kier molecular flexibility index (Phi) is 5.43. The summed E-state index contributed by atoms with van der Waals surface area (Å²) >= 11 is 1.46. The van der Waals surface area contributed by atoms with Crippen molar-refractivity contribution in [3.63, 3.8) is 0 Å². The number of carbonyl (C=O) groups is 2. The molecule has 0 spiro atoms. The van der Waals surface area contributed by atoms with Crippen molar-refractivity contribution in [2.75, 3.05) is 19.8 Å². The van der Waals surface area contributed by atoms with E-state index in [-0.39, 0.29) is 11.8 Å². The number of rotatable bonds is 6. The summed E-state index contributed by atoms with van der Waals surface area (Å²) in [6.07, 6.45) is 0. The number of amides is 2. The summed E-state index contributed by atoms with van der Waals surface area (Å²) < 4.78 is 0. The maximum absolute atomic E-state index is 11.8. The van der Waals surface area contributed by atoms with Crippen LogP contribution in [0.2, 0.25) is 0 Å². The highest BCUT2D eigenvalue weighted by atomic mass is 32.2. The minimum atomic E-state index is -0.505. The van der Waals surface area contributed by atoms with Crippen LogP contribution in [-0.4, -0.2) is 52.6 Å². The number of likely N-dealkylation sites (N-methyl/N-ethyl adjacent to an activating group) is 1. The second-order valence-electron chi connectivity index (χ2n) is 5.22. The molecule has 1 aromatic heterocycles. The van der Waals surface area contributed by atoms with E-state index in [9.17, 15) is 9.59 Å². The Morgan fingerprint density at radius 1 is 1.36 bits per heavy atom. The van der Waals surface area contributed by atoms with Gasteiger partial charge in [-0.3, -0.25) is 9.59 Å². The fourth-order valence-electron chi connectivity index (χ4n) is 2.05. The van der Waals surface area contributed by atoms with E-state index in [1.807, 2.05) is 24.3 Å². The van der Waals surface area contributed by atoms with Gasteiger partial charge in [-0.15, -0.1) is 11.8 Å². The SMILES string of the molecule is C[C@H](NC(=O)CSCc1nc2ccccc2[nH]1)C(=O)N(C)C. The standard InChI is InChI=1S/C15H20N4O2S/c1-10(15(21)19(2)3)16-14(20)9-22-8-13-17-11-6-4-5-7-12(11)18-13/h4-7,10H,8-9H2,1-3H3,(H,16,20)(H,17,18)/t10-/m0/s1. The molecule has 0 aliphatic heterocycles. The molecule has 0 bridgehead atoms. The zero-order chi connectivity index (χ0) is 16.1. The van der Waals surface area contributed by atoms with Gasteiger partial charge in [-0.25, -0.2) is 4.98 Å². The summed E-state index contributed by atoms with van der Waals surface area (Å²) in [6.45, 7) is 1.68. The van der Waals surface area contributed by atoms with Crippen molar-refractivity contribution in [1.29, 1.82) is 0 Å². The minimum Gasteiger partial charge on any atom is -0.347 e. The van der Waals surface area contributed by atoms with Crippen LogP contribution in [0.4, 0.5) is 0 Å². The maximum Gasteiger partial charge on any atom is 0.244 e. The Hall–Kier alpha value is -2.02. The number of benzene rings is 1. The largest absolute Gasteiger partial charge is 0.347 e. The molecule has 0 saturated heterocycles. The number of para-hydroxylation sites is 2. The molecular formula is C15H20N4O2S. The first-order valence-electron chi connectivity index (χ1n) is 6.99. The molecule has 0 radical (unpaired) electrons. The lowest BCUT2D eigenvalue weighted by Crippen LogP contribution is -2.44. The fourth-order valence-corrected chi connectivity index (χ4v) is 2.75. The predicted molar refractivity (Wildman–Crippen MR) is 88.6 cm³/mol.